The Balaban J connectivity index is 2.76. The van der Waals surface area contributed by atoms with Gasteiger partial charge in [-0.15, -0.1) is 0 Å². The highest BCUT2D eigenvalue weighted by atomic mass is 16.4. The van der Waals surface area contributed by atoms with E-state index < -0.39 is 12.0 Å². The minimum Gasteiger partial charge on any atom is -0.480 e. The fourth-order valence-corrected chi connectivity index (χ4v) is 1.69. The van der Waals surface area contributed by atoms with Crippen LogP contribution in [0.2, 0.25) is 0 Å². The molecule has 1 saturated heterocycles. The largest absolute Gasteiger partial charge is 0.480 e. The van der Waals surface area contributed by atoms with E-state index in [4.69, 9.17) is 10.5 Å². The van der Waals surface area contributed by atoms with Crippen LogP contribution in [-0.2, 0) is 4.79 Å². The van der Waals surface area contributed by atoms with Gasteiger partial charge in [0.1, 0.15) is 6.04 Å². The molecule has 0 radical (unpaired) electrons. The molecule has 0 saturated carbocycles. The Morgan fingerprint density at radius 1 is 1.79 bits per heavy atom. The topological polar surface area (TPSA) is 76.4 Å². The minimum absolute atomic E-state index is 0.0627. The zero-order chi connectivity index (χ0) is 10.7. The van der Waals surface area contributed by atoms with Crippen LogP contribution in [0.15, 0.2) is 0 Å². The van der Waals surface area contributed by atoms with Gasteiger partial charge in [0.15, 0.2) is 5.96 Å². The normalized spacial score (nSPS) is 20.4. The predicted octanol–water partition coefficient (Wildman–Crippen LogP) is 0.326. The molecular weight excluding hydrogens is 182 g/mol. The molecule has 2 unspecified atom stereocenters. The van der Waals surface area contributed by atoms with Crippen molar-refractivity contribution in [2.24, 2.45) is 5.92 Å². The molecule has 0 aliphatic carbocycles. The first-order chi connectivity index (χ1) is 6.57. The van der Waals surface area contributed by atoms with E-state index in [9.17, 15) is 4.79 Å². The quantitative estimate of drug-likeness (QED) is 0.609. The maximum atomic E-state index is 11.1. The first-order valence-corrected chi connectivity index (χ1v) is 4.89. The van der Waals surface area contributed by atoms with Gasteiger partial charge in [0.05, 0.1) is 0 Å². The Hall–Kier alpha value is -1.26. The van der Waals surface area contributed by atoms with Crippen LogP contribution in [0.4, 0.5) is 0 Å². The lowest BCUT2D eigenvalue weighted by Crippen LogP contribution is -2.47. The molecule has 0 aromatic rings. The lowest BCUT2D eigenvalue weighted by Gasteiger charge is -2.28. The van der Waals surface area contributed by atoms with Crippen LogP contribution in [0.25, 0.3) is 0 Å². The third-order valence-electron chi connectivity index (χ3n) is 2.70. The molecule has 1 fully saturated rings. The van der Waals surface area contributed by atoms with Crippen molar-refractivity contribution in [2.45, 2.75) is 26.3 Å². The second-order valence-electron chi connectivity index (χ2n) is 3.64. The summed E-state index contributed by atoms with van der Waals surface area (Å²) >= 11 is 0. The molecule has 5 heteroatoms. The van der Waals surface area contributed by atoms with E-state index >= 15 is 0 Å². The summed E-state index contributed by atoms with van der Waals surface area (Å²) in [5, 5.41) is 19.5. The molecule has 5 nitrogen and oxygen atoms in total. The zero-order valence-electron chi connectivity index (χ0n) is 8.58. The summed E-state index contributed by atoms with van der Waals surface area (Å²) in [5.74, 6) is -0.543. The van der Waals surface area contributed by atoms with Gasteiger partial charge in [0, 0.05) is 13.1 Å². The van der Waals surface area contributed by atoms with Crippen LogP contribution in [0.3, 0.4) is 0 Å². The van der Waals surface area contributed by atoms with Gasteiger partial charge in [-0.2, -0.15) is 0 Å². The van der Waals surface area contributed by atoms with Gasteiger partial charge in [-0.05, 0) is 5.92 Å². The maximum Gasteiger partial charge on any atom is 0.326 e. The summed E-state index contributed by atoms with van der Waals surface area (Å²) in [6.45, 7) is 5.15. The molecule has 0 spiro atoms. The van der Waals surface area contributed by atoms with Crippen molar-refractivity contribution in [3.05, 3.63) is 0 Å². The SMILES string of the molecule is CCC(C)C(C(=O)O)N1CCNC1=N. The molecule has 2 atom stereocenters. The molecule has 1 rings (SSSR count). The van der Waals surface area contributed by atoms with Crippen molar-refractivity contribution in [1.82, 2.24) is 10.2 Å². The number of aliphatic carboxylic acids is 1. The standard InChI is InChI=1S/C9H17N3O2/c1-3-6(2)7(8(13)14)12-5-4-11-9(12)10/h6-7H,3-5H2,1-2H3,(H2,10,11)(H,13,14). The average molecular weight is 199 g/mol. The number of hydrogen-bond donors (Lipinski definition) is 3. The molecule has 0 amide bonds. The van der Waals surface area contributed by atoms with Crippen molar-refractivity contribution in [3.8, 4) is 0 Å². The zero-order valence-corrected chi connectivity index (χ0v) is 8.58. The highest BCUT2D eigenvalue weighted by Crippen LogP contribution is 2.16. The lowest BCUT2D eigenvalue weighted by atomic mass is 9.98. The molecule has 14 heavy (non-hydrogen) atoms. The number of nitrogens with zero attached hydrogens (tertiary/aromatic N) is 1. The van der Waals surface area contributed by atoms with Crippen molar-refractivity contribution in [1.29, 1.82) is 5.41 Å². The van der Waals surface area contributed by atoms with Crippen LogP contribution >= 0.6 is 0 Å². The number of hydrogen-bond acceptors (Lipinski definition) is 2. The summed E-state index contributed by atoms with van der Waals surface area (Å²) < 4.78 is 0. The number of carboxylic acid groups (broad SMARTS) is 1. The van der Waals surface area contributed by atoms with Crippen molar-refractivity contribution in [2.75, 3.05) is 13.1 Å². The molecule has 0 aromatic heterocycles. The fraction of sp³-hybridized carbons (Fsp3) is 0.778. The van der Waals surface area contributed by atoms with E-state index in [1.54, 1.807) is 4.90 Å². The molecule has 1 aliphatic heterocycles. The number of carbonyl (C=O) groups is 1. The van der Waals surface area contributed by atoms with Gasteiger partial charge >= 0.3 is 5.97 Å². The molecular formula is C9H17N3O2. The first-order valence-electron chi connectivity index (χ1n) is 4.89. The average Bonchev–Trinajstić information content (AvgIpc) is 2.52. The molecule has 1 aliphatic rings. The highest BCUT2D eigenvalue weighted by molar-refractivity contribution is 5.85. The molecule has 0 aromatic carbocycles. The van der Waals surface area contributed by atoms with E-state index in [-0.39, 0.29) is 11.9 Å². The Bertz CT molecular complexity index is 242. The van der Waals surface area contributed by atoms with Gasteiger partial charge in [0.25, 0.3) is 0 Å². The number of carboxylic acids is 1. The minimum atomic E-state index is -0.840. The Morgan fingerprint density at radius 3 is 2.79 bits per heavy atom. The van der Waals surface area contributed by atoms with E-state index in [1.807, 2.05) is 13.8 Å². The molecule has 0 bridgehead atoms. The van der Waals surface area contributed by atoms with E-state index in [0.717, 1.165) is 6.42 Å². The summed E-state index contributed by atoms with van der Waals surface area (Å²) in [6, 6.07) is -0.567. The van der Waals surface area contributed by atoms with Gasteiger partial charge in [-0.1, -0.05) is 20.3 Å². The van der Waals surface area contributed by atoms with Crippen molar-refractivity contribution in [3.63, 3.8) is 0 Å². The Kier molecular flexibility index (Phi) is 3.33. The Morgan fingerprint density at radius 2 is 2.43 bits per heavy atom. The molecule has 1 heterocycles. The van der Waals surface area contributed by atoms with E-state index in [0.29, 0.717) is 13.1 Å². The van der Waals surface area contributed by atoms with Crippen LogP contribution in [0.1, 0.15) is 20.3 Å². The maximum absolute atomic E-state index is 11.1. The Labute approximate surface area is 83.6 Å². The number of guanidine groups is 1. The second kappa shape index (κ2) is 4.30. The van der Waals surface area contributed by atoms with E-state index in [1.165, 1.54) is 0 Å². The van der Waals surface area contributed by atoms with Gasteiger partial charge in [-0.25, -0.2) is 4.79 Å². The van der Waals surface area contributed by atoms with Gasteiger partial charge in [0.2, 0.25) is 0 Å². The fourth-order valence-electron chi connectivity index (χ4n) is 1.69. The van der Waals surface area contributed by atoms with E-state index in [2.05, 4.69) is 5.32 Å². The van der Waals surface area contributed by atoms with Crippen molar-refractivity contribution >= 4 is 11.9 Å². The summed E-state index contributed by atoms with van der Waals surface area (Å²) in [6.07, 6.45) is 0.806. The monoisotopic (exact) mass is 199 g/mol. The predicted molar refractivity (Wildman–Crippen MR) is 53.3 cm³/mol. The number of rotatable bonds is 4. The van der Waals surface area contributed by atoms with Crippen LogP contribution in [-0.4, -0.2) is 41.1 Å². The summed E-state index contributed by atoms with van der Waals surface area (Å²) in [4.78, 5) is 12.7. The first kappa shape index (κ1) is 10.8. The summed E-state index contributed by atoms with van der Waals surface area (Å²) in [7, 11) is 0. The third kappa shape index (κ3) is 1.97. The summed E-state index contributed by atoms with van der Waals surface area (Å²) in [5.41, 5.74) is 0. The van der Waals surface area contributed by atoms with Crippen LogP contribution in [0, 0.1) is 11.3 Å². The van der Waals surface area contributed by atoms with Gasteiger partial charge in [-0.3, -0.25) is 5.41 Å². The molecule has 80 valence electrons. The number of nitrogens with one attached hydrogen (secondary N) is 2. The molecule has 3 N–H and O–H groups in total. The smallest absolute Gasteiger partial charge is 0.326 e. The highest BCUT2D eigenvalue weighted by Gasteiger charge is 2.33. The third-order valence-corrected chi connectivity index (χ3v) is 2.70. The lowest BCUT2D eigenvalue weighted by molar-refractivity contribution is -0.143. The van der Waals surface area contributed by atoms with Crippen LogP contribution < -0.4 is 5.32 Å². The van der Waals surface area contributed by atoms with Crippen LogP contribution in [0.5, 0.6) is 0 Å². The van der Waals surface area contributed by atoms with Crippen molar-refractivity contribution < 1.29 is 9.90 Å². The van der Waals surface area contributed by atoms with Gasteiger partial charge < -0.3 is 15.3 Å². The second-order valence-corrected chi connectivity index (χ2v) is 3.64.